The van der Waals surface area contributed by atoms with E-state index in [4.69, 9.17) is 14.2 Å². The molecule has 2 fully saturated rings. The third-order valence-electron chi connectivity index (χ3n) is 3.57. The summed E-state index contributed by atoms with van der Waals surface area (Å²) in [5.41, 5.74) is -0.310. The fraction of sp³-hybridized carbons (Fsp3) is 0.875. The first-order chi connectivity index (χ1) is 9.89. The molecule has 2 rings (SSSR count). The van der Waals surface area contributed by atoms with Crippen molar-refractivity contribution in [3.05, 3.63) is 0 Å². The van der Waals surface area contributed by atoms with E-state index in [-0.39, 0.29) is 23.6 Å². The Morgan fingerprint density at radius 3 is 2.05 bits per heavy atom. The number of fused-ring (bicyclic) bond motifs is 2. The summed E-state index contributed by atoms with van der Waals surface area (Å²) >= 11 is 0. The Morgan fingerprint density at radius 2 is 1.67 bits per heavy atom. The normalized spacial score (nSPS) is 22.7. The van der Waals surface area contributed by atoms with Crippen LogP contribution in [0.1, 0.15) is 67.2 Å². The summed E-state index contributed by atoms with van der Waals surface area (Å²) in [6, 6.07) is 0. The molecule has 0 amide bonds. The smallest absolute Gasteiger partial charge is 0.466 e. The van der Waals surface area contributed by atoms with Crippen molar-refractivity contribution in [3.63, 3.8) is 0 Å². The molecule has 124 valence electrons. The molecule has 5 heteroatoms. The summed E-state index contributed by atoms with van der Waals surface area (Å²) in [4.78, 5) is 21.6. The van der Waals surface area contributed by atoms with Gasteiger partial charge in [-0.15, -0.1) is 0 Å². The highest BCUT2D eigenvalue weighted by molar-refractivity contribution is 5.75. The van der Waals surface area contributed by atoms with E-state index in [2.05, 4.69) is 0 Å². The summed E-state index contributed by atoms with van der Waals surface area (Å²) in [5.74, 6) is -0.0995. The molecular weight excluding hydrogens is 272 g/mol. The van der Waals surface area contributed by atoms with Crippen LogP contribution >= 0.6 is 0 Å². The second kappa shape index (κ2) is 9.64. The van der Waals surface area contributed by atoms with Crippen LogP contribution in [0.3, 0.4) is 0 Å². The molecule has 2 unspecified atom stereocenters. The molecule has 1 saturated carbocycles. The van der Waals surface area contributed by atoms with E-state index in [0.29, 0.717) is 6.61 Å². The van der Waals surface area contributed by atoms with Crippen molar-refractivity contribution in [3.8, 4) is 0 Å². The van der Waals surface area contributed by atoms with Crippen LogP contribution < -0.4 is 0 Å². The van der Waals surface area contributed by atoms with Gasteiger partial charge in [-0.25, -0.2) is 4.79 Å². The van der Waals surface area contributed by atoms with E-state index in [9.17, 15) is 9.59 Å². The van der Waals surface area contributed by atoms with Crippen molar-refractivity contribution in [1.82, 2.24) is 0 Å². The van der Waals surface area contributed by atoms with Crippen molar-refractivity contribution >= 4 is 12.1 Å². The highest BCUT2D eigenvalue weighted by Crippen LogP contribution is 2.29. The van der Waals surface area contributed by atoms with E-state index in [0.717, 1.165) is 25.7 Å². The Kier molecular flexibility index (Phi) is 9.06. The van der Waals surface area contributed by atoms with Crippen LogP contribution in [0, 0.1) is 5.41 Å². The first-order valence-electron chi connectivity index (χ1n) is 7.93. The molecule has 2 bridgehead atoms. The van der Waals surface area contributed by atoms with E-state index >= 15 is 0 Å². The predicted octanol–water partition coefficient (Wildman–Crippen LogP) is 4.09. The first kappa shape index (κ1) is 19.7. The number of carbonyl (C=O) groups is 2. The topological polar surface area (TPSA) is 61.8 Å². The third kappa shape index (κ3) is 6.82. The van der Waals surface area contributed by atoms with Gasteiger partial charge in [-0.3, -0.25) is 4.79 Å². The molecule has 2 aliphatic rings. The molecule has 2 atom stereocenters. The van der Waals surface area contributed by atoms with Gasteiger partial charge in [0, 0.05) is 6.42 Å². The van der Waals surface area contributed by atoms with E-state index in [1.807, 2.05) is 41.5 Å². The minimum absolute atomic E-state index is 0.0995. The van der Waals surface area contributed by atoms with Gasteiger partial charge < -0.3 is 14.2 Å². The minimum Gasteiger partial charge on any atom is -0.466 e. The third-order valence-corrected chi connectivity index (χ3v) is 3.57. The first-order valence-corrected chi connectivity index (χ1v) is 7.93. The maximum atomic E-state index is 11.1. The Labute approximate surface area is 128 Å². The molecule has 1 heterocycles. The van der Waals surface area contributed by atoms with Gasteiger partial charge in [0.15, 0.2) is 0 Å². The van der Waals surface area contributed by atoms with Gasteiger partial charge in [0.05, 0.1) is 12.0 Å². The van der Waals surface area contributed by atoms with Crippen LogP contribution in [0.4, 0.5) is 4.79 Å². The summed E-state index contributed by atoms with van der Waals surface area (Å²) in [7, 11) is 0. The molecule has 0 spiro atoms. The van der Waals surface area contributed by atoms with Crippen LogP contribution in [0.2, 0.25) is 0 Å². The lowest BCUT2D eigenvalue weighted by atomic mass is 9.91. The molecule has 21 heavy (non-hydrogen) atoms. The van der Waals surface area contributed by atoms with Gasteiger partial charge in [0.1, 0.15) is 12.2 Å². The standard InChI is InChI=1S/C8H16O2.C6H8O3.C2H6/c1-5-8(3,4)7(9)10-6-2;7-6-8-4-1-2-5(3-4)9-6;1-2/h5-6H2,1-4H3;4-5H,1-3H2;1-2H3. The lowest BCUT2D eigenvalue weighted by Crippen LogP contribution is -2.26. The van der Waals surface area contributed by atoms with Crippen molar-refractivity contribution < 1.29 is 23.8 Å². The number of hydrogen-bond donors (Lipinski definition) is 0. The fourth-order valence-corrected chi connectivity index (χ4v) is 1.89. The van der Waals surface area contributed by atoms with Gasteiger partial charge in [-0.1, -0.05) is 20.8 Å². The largest absolute Gasteiger partial charge is 0.508 e. The number of esters is 1. The maximum Gasteiger partial charge on any atom is 0.508 e. The van der Waals surface area contributed by atoms with Gasteiger partial charge in [-0.05, 0) is 40.0 Å². The van der Waals surface area contributed by atoms with E-state index < -0.39 is 6.16 Å². The second-order valence-corrected chi connectivity index (χ2v) is 5.50. The molecule has 0 aromatic heterocycles. The minimum atomic E-state index is -0.478. The van der Waals surface area contributed by atoms with E-state index in [1.165, 1.54) is 0 Å². The molecule has 5 nitrogen and oxygen atoms in total. The quantitative estimate of drug-likeness (QED) is 0.735. The van der Waals surface area contributed by atoms with Crippen LogP contribution in [-0.2, 0) is 19.0 Å². The molecule has 1 aliphatic carbocycles. The van der Waals surface area contributed by atoms with Crippen LogP contribution in [0.25, 0.3) is 0 Å². The maximum absolute atomic E-state index is 11.1. The summed E-state index contributed by atoms with van der Waals surface area (Å²) in [6.07, 6.45) is 3.55. The van der Waals surface area contributed by atoms with Crippen molar-refractivity contribution in [2.24, 2.45) is 5.41 Å². The Balaban J connectivity index is 0.000000341. The summed E-state index contributed by atoms with van der Waals surface area (Å²) in [5, 5.41) is 0. The Morgan fingerprint density at radius 1 is 1.19 bits per heavy atom. The number of carbonyl (C=O) groups excluding carboxylic acids is 2. The monoisotopic (exact) mass is 302 g/mol. The van der Waals surface area contributed by atoms with Gasteiger partial charge >= 0.3 is 12.1 Å². The van der Waals surface area contributed by atoms with Gasteiger partial charge in [0.25, 0.3) is 0 Å². The van der Waals surface area contributed by atoms with Crippen LogP contribution in [-0.4, -0.2) is 30.9 Å². The average molecular weight is 302 g/mol. The molecule has 0 aromatic rings. The van der Waals surface area contributed by atoms with Crippen LogP contribution in [0.5, 0.6) is 0 Å². The molecular formula is C16H30O5. The van der Waals surface area contributed by atoms with Crippen molar-refractivity contribution in [2.45, 2.75) is 79.4 Å². The molecule has 1 saturated heterocycles. The number of hydrogen-bond acceptors (Lipinski definition) is 5. The number of rotatable bonds is 3. The Bertz CT molecular complexity index is 311. The highest BCUT2D eigenvalue weighted by atomic mass is 16.7. The second-order valence-electron chi connectivity index (χ2n) is 5.50. The zero-order valence-electron chi connectivity index (χ0n) is 14.2. The fourth-order valence-electron chi connectivity index (χ4n) is 1.89. The molecule has 0 N–H and O–H groups in total. The SMILES string of the molecule is CC.CCOC(=O)C(C)(C)CC.O=C1OC2CCC(C2)O1. The van der Waals surface area contributed by atoms with E-state index in [1.54, 1.807) is 0 Å². The number of ether oxygens (including phenoxy) is 3. The molecule has 0 radical (unpaired) electrons. The van der Waals surface area contributed by atoms with Gasteiger partial charge in [-0.2, -0.15) is 0 Å². The Hall–Kier alpha value is -1.26. The summed E-state index contributed by atoms with van der Waals surface area (Å²) < 4.78 is 14.5. The average Bonchev–Trinajstić information content (AvgIpc) is 2.81. The summed E-state index contributed by atoms with van der Waals surface area (Å²) in [6.45, 7) is 12.1. The molecule has 0 aromatic carbocycles. The van der Waals surface area contributed by atoms with Crippen molar-refractivity contribution in [2.75, 3.05) is 6.61 Å². The molecule has 1 aliphatic heterocycles. The lowest BCUT2D eigenvalue weighted by molar-refractivity contribution is -0.153. The lowest BCUT2D eigenvalue weighted by Gasteiger charge is -2.19. The van der Waals surface area contributed by atoms with Crippen molar-refractivity contribution in [1.29, 1.82) is 0 Å². The van der Waals surface area contributed by atoms with Crippen LogP contribution in [0.15, 0.2) is 0 Å². The zero-order valence-corrected chi connectivity index (χ0v) is 14.2. The zero-order chi connectivity index (χ0) is 16.5. The van der Waals surface area contributed by atoms with Gasteiger partial charge in [0.2, 0.25) is 0 Å². The highest BCUT2D eigenvalue weighted by Gasteiger charge is 2.35. The predicted molar refractivity (Wildman–Crippen MR) is 81.0 cm³/mol.